The van der Waals surface area contributed by atoms with E-state index < -0.39 is 27.2 Å². The number of carboxylic acid groups (broad SMARTS) is 1. The average molecular weight is 597 g/mol. The molecule has 0 radical (unpaired) electrons. The summed E-state index contributed by atoms with van der Waals surface area (Å²) < 4.78 is 44.4. The lowest BCUT2D eigenvalue weighted by Gasteiger charge is -2.36. The van der Waals surface area contributed by atoms with E-state index in [9.17, 15) is 23.1 Å². The number of imidazole rings is 1. The van der Waals surface area contributed by atoms with Crippen molar-refractivity contribution in [1.29, 1.82) is 0 Å². The highest BCUT2D eigenvalue weighted by molar-refractivity contribution is 7.89. The number of H-pyrrole nitrogens is 1. The van der Waals surface area contributed by atoms with E-state index in [1.54, 1.807) is 28.8 Å². The Morgan fingerprint density at radius 3 is 2.48 bits per heavy atom. The third kappa shape index (κ3) is 5.05. The van der Waals surface area contributed by atoms with Gasteiger partial charge in [-0.3, -0.25) is 9.69 Å². The van der Waals surface area contributed by atoms with Gasteiger partial charge in [0.15, 0.2) is 0 Å². The van der Waals surface area contributed by atoms with Crippen molar-refractivity contribution in [3.05, 3.63) is 64.0 Å². The summed E-state index contributed by atoms with van der Waals surface area (Å²) in [6.45, 7) is 7.33. The van der Waals surface area contributed by atoms with Crippen LogP contribution in [0.1, 0.15) is 48.9 Å². The largest absolute Gasteiger partial charge is 0.477 e. The minimum Gasteiger partial charge on any atom is -0.477 e. The number of pyridine rings is 1. The SMILES string of the molecule is CCN(CC)S(=O)(=O)c1ccc2nc(CN3CCN(c4cc5c(cc4F)c(=O)c(C(=O)O)cn5C4CC4)CC3)[nH]c2c1. The molecule has 2 N–H and O–H groups in total. The van der Waals surface area contributed by atoms with Crippen molar-refractivity contribution in [3.63, 3.8) is 0 Å². The number of anilines is 1. The zero-order valence-corrected chi connectivity index (χ0v) is 24.3. The Morgan fingerprint density at radius 2 is 1.83 bits per heavy atom. The van der Waals surface area contributed by atoms with Gasteiger partial charge in [0.2, 0.25) is 15.5 Å². The molecule has 1 aliphatic carbocycles. The van der Waals surface area contributed by atoms with Crippen LogP contribution in [0.15, 0.2) is 46.2 Å². The maximum Gasteiger partial charge on any atom is 0.341 e. The predicted octanol–water partition coefficient (Wildman–Crippen LogP) is 3.40. The highest BCUT2D eigenvalue weighted by atomic mass is 32.2. The van der Waals surface area contributed by atoms with Crippen molar-refractivity contribution in [1.82, 2.24) is 23.7 Å². The zero-order chi connectivity index (χ0) is 29.8. The molecule has 1 saturated heterocycles. The van der Waals surface area contributed by atoms with E-state index in [1.165, 1.54) is 16.6 Å². The molecule has 2 fully saturated rings. The number of piperazine rings is 1. The Labute approximate surface area is 242 Å². The molecule has 0 atom stereocenters. The Morgan fingerprint density at radius 1 is 1.12 bits per heavy atom. The first kappa shape index (κ1) is 28.3. The van der Waals surface area contributed by atoms with E-state index in [-0.39, 0.29) is 21.9 Å². The van der Waals surface area contributed by atoms with Gasteiger partial charge in [0.05, 0.1) is 33.7 Å². The number of aromatic carboxylic acids is 1. The van der Waals surface area contributed by atoms with Gasteiger partial charge in [-0.25, -0.2) is 22.6 Å². The monoisotopic (exact) mass is 596 g/mol. The van der Waals surface area contributed by atoms with Gasteiger partial charge >= 0.3 is 5.97 Å². The van der Waals surface area contributed by atoms with Gasteiger partial charge in [0, 0.05) is 56.9 Å². The second-order valence-electron chi connectivity index (χ2n) is 10.9. The van der Waals surface area contributed by atoms with Crippen LogP contribution in [0.3, 0.4) is 0 Å². The maximum atomic E-state index is 15.3. The zero-order valence-electron chi connectivity index (χ0n) is 23.5. The summed E-state index contributed by atoms with van der Waals surface area (Å²) in [6.07, 6.45) is 3.16. The summed E-state index contributed by atoms with van der Waals surface area (Å²) in [5, 5.41) is 9.56. The molecule has 2 aliphatic rings. The minimum atomic E-state index is -3.58. The van der Waals surface area contributed by atoms with Crippen molar-refractivity contribution in [3.8, 4) is 0 Å². The molecule has 0 bridgehead atoms. The van der Waals surface area contributed by atoms with Crippen LogP contribution in [0.2, 0.25) is 0 Å². The quantitative estimate of drug-likeness (QED) is 0.301. The summed E-state index contributed by atoms with van der Waals surface area (Å²) in [5.41, 5.74) is 1.27. The van der Waals surface area contributed by atoms with E-state index in [4.69, 9.17) is 0 Å². The Bertz CT molecular complexity index is 1850. The summed E-state index contributed by atoms with van der Waals surface area (Å²) >= 11 is 0. The summed E-state index contributed by atoms with van der Waals surface area (Å²) in [4.78, 5) is 36.7. The lowest BCUT2D eigenvalue weighted by molar-refractivity contribution is 0.0694. The number of rotatable bonds is 9. The second kappa shape index (κ2) is 10.8. The molecule has 222 valence electrons. The van der Waals surface area contributed by atoms with Crippen LogP contribution >= 0.6 is 0 Å². The number of sulfonamides is 1. The third-order valence-corrected chi connectivity index (χ3v) is 10.2. The van der Waals surface area contributed by atoms with Crippen molar-refractivity contribution >= 4 is 43.6 Å². The molecule has 1 aliphatic heterocycles. The van der Waals surface area contributed by atoms with Gasteiger partial charge in [-0.2, -0.15) is 4.31 Å². The standard InChI is InChI=1S/C29H33FN6O5S/c1-3-35(4-2)42(40,41)19-7-8-23-24(13-19)32-27(31-23)17-33-9-11-34(12-10-33)26-15-25-20(14-22(26)30)28(37)21(29(38)39)16-36(25)18-5-6-18/h7-8,13-16,18H,3-6,9-12,17H2,1-2H3,(H,31,32)(H,38,39). The van der Waals surface area contributed by atoms with Gasteiger partial charge in [-0.15, -0.1) is 0 Å². The molecule has 13 heteroatoms. The van der Waals surface area contributed by atoms with Crippen LogP contribution in [0.4, 0.5) is 10.1 Å². The highest BCUT2D eigenvalue weighted by Gasteiger charge is 2.29. The number of aromatic amines is 1. The van der Waals surface area contributed by atoms with Crippen molar-refractivity contribution in [2.24, 2.45) is 0 Å². The lowest BCUT2D eigenvalue weighted by Crippen LogP contribution is -2.46. The molecule has 11 nitrogen and oxygen atoms in total. The van der Waals surface area contributed by atoms with Crippen molar-refractivity contribution in [2.45, 2.75) is 44.2 Å². The van der Waals surface area contributed by atoms with Crippen molar-refractivity contribution < 1.29 is 22.7 Å². The number of benzene rings is 2. The number of halogens is 1. The normalized spacial score (nSPS) is 16.6. The maximum absolute atomic E-state index is 15.3. The van der Waals surface area contributed by atoms with Crippen molar-refractivity contribution in [2.75, 3.05) is 44.2 Å². The van der Waals surface area contributed by atoms with Crippen LogP contribution in [0.5, 0.6) is 0 Å². The summed E-state index contributed by atoms with van der Waals surface area (Å²) in [7, 11) is -3.58. The Kier molecular flexibility index (Phi) is 7.27. The Hall–Kier alpha value is -3.81. The fourth-order valence-electron chi connectivity index (χ4n) is 5.76. The van der Waals surface area contributed by atoms with Gasteiger partial charge in [0.25, 0.3) is 0 Å². The first-order chi connectivity index (χ1) is 20.1. The van der Waals surface area contributed by atoms with Crippen LogP contribution in [-0.4, -0.2) is 82.5 Å². The molecule has 1 saturated carbocycles. The molecule has 2 aromatic heterocycles. The fourth-order valence-corrected chi connectivity index (χ4v) is 7.24. The first-order valence-corrected chi connectivity index (χ1v) is 15.6. The number of hydrogen-bond acceptors (Lipinski definition) is 7. The number of hydrogen-bond donors (Lipinski definition) is 2. The number of aromatic nitrogens is 3. The molecule has 0 unspecified atom stereocenters. The van der Waals surface area contributed by atoms with Crippen LogP contribution in [-0.2, 0) is 16.6 Å². The fraction of sp³-hybridized carbons (Fsp3) is 0.414. The number of nitrogens with one attached hydrogen (secondary N) is 1. The minimum absolute atomic E-state index is 0.0830. The lowest BCUT2D eigenvalue weighted by atomic mass is 10.1. The molecule has 3 heterocycles. The molecule has 6 rings (SSSR count). The molecule has 0 amide bonds. The van der Waals surface area contributed by atoms with Gasteiger partial charge in [-0.1, -0.05) is 13.8 Å². The average Bonchev–Trinajstić information content (AvgIpc) is 3.73. The number of carbonyl (C=O) groups is 1. The number of carboxylic acids is 1. The molecule has 2 aromatic carbocycles. The van der Waals surface area contributed by atoms with Crippen LogP contribution in [0.25, 0.3) is 21.9 Å². The van der Waals surface area contributed by atoms with E-state index >= 15 is 4.39 Å². The van der Waals surface area contributed by atoms with E-state index in [2.05, 4.69) is 14.9 Å². The van der Waals surface area contributed by atoms with Gasteiger partial charge in [0.1, 0.15) is 17.2 Å². The molecule has 42 heavy (non-hydrogen) atoms. The van der Waals surface area contributed by atoms with E-state index in [0.29, 0.717) is 68.1 Å². The Balaban J connectivity index is 1.19. The number of fused-ring (bicyclic) bond motifs is 2. The van der Waals surface area contributed by atoms with E-state index in [0.717, 1.165) is 18.7 Å². The van der Waals surface area contributed by atoms with E-state index in [1.807, 2.05) is 18.7 Å². The molecule has 4 aromatic rings. The predicted molar refractivity (Wildman–Crippen MR) is 157 cm³/mol. The third-order valence-electron chi connectivity index (χ3n) is 8.20. The summed E-state index contributed by atoms with van der Waals surface area (Å²) in [5.74, 6) is -1.15. The topological polar surface area (TPSA) is 132 Å². The second-order valence-corrected chi connectivity index (χ2v) is 12.8. The smallest absolute Gasteiger partial charge is 0.341 e. The van der Waals surface area contributed by atoms with Gasteiger partial charge in [-0.05, 0) is 43.2 Å². The summed E-state index contributed by atoms with van der Waals surface area (Å²) in [6, 6.07) is 7.89. The first-order valence-electron chi connectivity index (χ1n) is 14.2. The van der Waals surface area contributed by atoms with Crippen LogP contribution < -0.4 is 10.3 Å². The molecular formula is C29H33FN6O5S. The van der Waals surface area contributed by atoms with Gasteiger partial charge < -0.3 is 19.6 Å². The van der Waals surface area contributed by atoms with Crippen LogP contribution in [0, 0.1) is 5.82 Å². The molecular weight excluding hydrogens is 563 g/mol. The molecule has 0 spiro atoms. The highest BCUT2D eigenvalue weighted by Crippen LogP contribution is 2.38. The number of nitrogens with zero attached hydrogens (tertiary/aromatic N) is 5.